The predicted molar refractivity (Wildman–Crippen MR) is 64.3 cm³/mol. The van der Waals surface area contributed by atoms with E-state index < -0.39 is 0 Å². The van der Waals surface area contributed by atoms with Crippen molar-refractivity contribution in [1.82, 2.24) is 10.6 Å². The third-order valence-electron chi connectivity index (χ3n) is 2.70. The summed E-state index contributed by atoms with van der Waals surface area (Å²) in [6.45, 7) is 5.95. The molecule has 1 unspecified atom stereocenters. The Hall–Kier alpha value is -0.870. The topological polar surface area (TPSA) is 50.4 Å². The Morgan fingerprint density at radius 1 is 1.56 bits per heavy atom. The zero-order valence-corrected chi connectivity index (χ0v) is 9.84. The molecule has 4 heteroatoms. The summed E-state index contributed by atoms with van der Waals surface area (Å²) >= 11 is 0. The second-order valence-electron chi connectivity index (χ2n) is 4.08. The number of nitrogens with one attached hydrogen (secondary N) is 2. The lowest BCUT2D eigenvalue weighted by Crippen LogP contribution is -2.35. The number of ether oxygens (including phenoxy) is 1. The van der Waals surface area contributed by atoms with E-state index in [2.05, 4.69) is 17.2 Å². The number of rotatable bonds is 7. The van der Waals surface area contributed by atoms with Gasteiger partial charge in [0.05, 0.1) is 0 Å². The molecule has 1 rings (SSSR count). The third-order valence-corrected chi connectivity index (χ3v) is 2.70. The molecule has 16 heavy (non-hydrogen) atoms. The molecule has 1 amide bonds. The Labute approximate surface area is 97.4 Å². The maximum atomic E-state index is 11.2. The number of piperidine rings is 1. The summed E-state index contributed by atoms with van der Waals surface area (Å²) in [5.41, 5.74) is 0. The Balaban J connectivity index is 1.94. The Morgan fingerprint density at radius 3 is 3.12 bits per heavy atom. The van der Waals surface area contributed by atoms with Crippen LogP contribution in [0.1, 0.15) is 25.7 Å². The molecule has 0 spiro atoms. The SMILES string of the molecule is C=CCNC(=O)COCCC1CCCCN1. The van der Waals surface area contributed by atoms with Gasteiger partial charge >= 0.3 is 0 Å². The Bertz CT molecular complexity index is 213. The summed E-state index contributed by atoms with van der Waals surface area (Å²) in [4.78, 5) is 11.2. The highest BCUT2D eigenvalue weighted by Gasteiger charge is 2.11. The minimum atomic E-state index is -0.0727. The van der Waals surface area contributed by atoms with E-state index in [9.17, 15) is 4.79 Å². The summed E-state index contributed by atoms with van der Waals surface area (Å²) in [5.74, 6) is -0.0727. The van der Waals surface area contributed by atoms with Gasteiger partial charge < -0.3 is 15.4 Å². The van der Waals surface area contributed by atoms with Crippen LogP contribution in [-0.4, -0.2) is 38.3 Å². The first-order chi connectivity index (χ1) is 7.83. The van der Waals surface area contributed by atoms with Crippen molar-refractivity contribution in [1.29, 1.82) is 0 Å². The van der Waals surface area contributed by atoms with Gasteiger partial charge in [0.15, 0.2) is 0 Å². The molecule has 0 aromatic carbocycles. The standard InChI is InChI=1S/C12H22N2O2/c1-2-7-14-12(15)10-16-9-6-11-5-3-4-8-13-11/h2,11,13H,1,3-10H2,(H,14,15). The smallest absolute Gasteiger partial charge is 0.246 e. The van der Waals surface area contributed by atoms with Gasteiger partial charge in [-0.15, -0.1) is 6.58 Å². The molecule has 0 saturated carbocycles. The summed E-state index contributed by atoms with van der Waals surface area (Å²) in [5, 5.41) is 6.12. The summed E-state index contributed by atoms with van der Waals surface area (Å²) in [7, 11) is 0. The van der Waals surface area contributed by atoms with Crippen LogP contribution in [0.3, 0.4) is 0 Å². The van der Waals surface area contributed by atoms with Gasteiger partial charge in [0, 0.05) is 19.2 Å². The molecule has 2 N–H and O–H groups in total. The maximum absolute atomic E-state index is 11.2. The van der Waals surface area contributed by atoms with E-state index >= 15 is 0 Å². The maximum Gasteiger partial charge on any atom is 0.246 e. The molecule has 1 saturated heterocycles. The highest BCUT2D eigenvalue weighted by atomic mass is 16.5. The number of carbonyl (C=O) groups is 1. The molecular weight excluding hydrogens is 204 g/mol. The van der Waals surface area contributed by atoms with Gasteiger partial charge in [-0.2, -0.15) is 0 Å². The molecule has 1 heterocycles. The number of hydrogen-bond acceptors (Lipinski definition) is 3. The van der Waals surface area contributed by atoms with Crippen molar-refractivity contribution in [2.24, 2.45) is 0 Å². The van der Waals surface area contributed by atoms with Crippen LogP contribution in [0, 0.1) is 0 Å². The van der Waals surface area contributed by atoms with Crippen molar-refractivity contribution in [2.75, 3.05) is 26.3 Å². The normalized spacial score (nSPS) is 20.4. The summed E-state index contributed by atoms with van der Waals surface area (Å²) in [6.07, 6.45) is 6.46. The fraction of sp³-hybridized carbons (Fsp3) is 0.750. The lowest BCUT2D eigenvalue weighted by molar-refractivity contribution is -0.125. The zero-order valence-electron chi connectivity index (χ0n) is 9.84. The predicted octanol–water partition coefficient (Wildman–Crippen LogP) is 0.837. The van der Waals surface area contributed by atoms with E-state index in [0.717, 1.165) is 13.0 Å². The lowest BCUT2D eigenvalue weighted by Gasteiger charge is -2.23. The van der Waals surface area contributed by atoms with Gasteiger partial charge in [-0.25, -0.2) is 0 Å². The van der Waals surface area contributed by atoms with Crippen molar-refractivity contribution in [3.8, 4) is 0 Å². The fourth-order valence-electron chi connectivity index (χ4n) is 1.80. The van der Waals surface area contributed by atoms with Crippen molar-refractivity contribution in [3.05, 3.63) is 12.7 Å². The summed E-state index contributed by atoms with van der Waals surface area (Å²) < 4.78 is 5.31. The van der Waals surface area contributed by atoms with E-state index in [0.29, 0.717) is 19.2 Å². The lowest BCUT2D eigenvalue weighted by atomic mass is 10.0. The molecule has 1 aliphatic rings. The zero-order chi connectivity index (χ0) is 11.6. The Kier molecular flexibility index (Phi) is 6.85. The van der Waals surface area contributed by atoms with E-state index in [1.807, 2.05) is 0 Å². The first kappa shape index (κ1) is 13.2. The van der Waals surface area contributed by atoms with Crippen LogP contribution in [0.4, 0.5) is 0 Å². The fourth-order valence-corrected chi connectivity index (χ4v) is 1.80. The van der Waals surface area contributed by atoms with Crippen LogP contribution < -0.4 is 10.6 Å². The second-order valence-corrected chi connectivity index (χ2v) is 4.08. The number of amides is 1. The average Bonchev–Trinajstić information content (AvgIpc) is 2.33. The van der Waals surface area contributed by atoms with Gasteiger partial charge in [-0.1, -0.05) is 12.5 Å². The molecule has 92 valence electrons. The minimum Gasteiger partial charge on any atom is -0.372 e. The van der Waals surface area contributed by atoms with Gasteiger partial charge in [-0.05, 0) is 25.8 Å². The van der Waals surface area contributed by atoms with E-state index in [1.54, 1.807) is 6.08 Å². The van der Waals surface area contributed by atoms with Gasteiger partial charge in [0.25, 0.3) is 0 Å². The van der Waals surface area contributed by atoms with Crippen LogP contribution in [0.2, 0.25) is 0 Å². The first-order valence-electron chi connectivity index (χ1n) is 6.01. The number of hydrogen-bond donors (Lipinski definition) is 2. The van der Waals surface area contributed by atoms with Gasteiger partial charge in [0.1, 0.15) is 6.61 Å². The molecular formula is C12H22N2O2. The average molecular weight is 226 g/mol. The van der Waals surface area contributed by atoms with Crippen molar-refractivity contribution in [3.63, 3.8) is 0 Å². The number of carbonyl (C=O) groups excluding carboxylic acids is 1. The van der Waals surface area contributed by atoms with Crippen LogP contribution in [0.5, 0.6) is 0 Å². The Morgan fingerprint density at radius 2 is 2.44 bits per heavy atom. The molecule has 4 nitrogen and oxygen atoms in total. The molecule has 0 aliphatic carbocycles. The largest absolute Gasteiger partial charge is 0.372 e. The molecule has 0 aromatic heterocycles. The molecule has 1 fully saturated rings. The van der Waals surface area contributed by atoms with E-state index in [1.165, 1.54) is 19.3 Å². The molecule has 1 atom stereocenters. The molecule has 0 radical (unpaired) electrons. The van der Waals surface area contributed by atoms with Crippen LogP contribution in [0.15, 0.2) is 12.7 Å². The van der Waals surface area contributed by atoms with Crippen LogP contribution >= 0.6 is 0 Å². The van der Waals surface area contributed by atoms with Crippen LogP contribution in [-0.2, 0) is 9.53 Å². The van der Waals surface area contributed by atoms with Gasteiger partial charge in [-0.3, -0.25) is 4.79 Å². The van der Waals surface area contributed by atoms with Crippen molar-refractivity contribution in [2.45, 2.75) is 31.7 Å². The van der Waals surface area contributed by atoms with E-state index in [4.69, 9.17) is 4.74 Å². The monoisotopic (exact) mass is 226 g/mol. The second kappa shape index (κ2) is 8.30. The molecule has 0 aromatic rings. The van der Waals surface area contributed by atoms with Crippen molar-refractivity contribution >= 4 is 5.91 Å². The molecule has 1 aliphatic heterocycles. The first-order valence-corrected chi connectivity index (χ1v) is 6.01. The van der Waals surface area contributed by atoms with Crippen LogP contribution in [0.25, 0.3) is 0 Å². The van der Waals surface area contributed by atoms with Gasteiger partial charge in [0.2, 0.25) is 5.91 Å². The summed E-state index contributed by atoms with van der Waals surface area (Å²) in [6, 6.07) is 0.574. The quantitative estimate of drug-likeness (QED) is 0.499. The van der Waals surface area contributed by atoms with Crippen molar-refractivity contribution < 1.29 is 9.53 Å². The minimum absolute atomic E-state index is 0.0727. The highest BCUT2D eigenvalue weighted by Crippen LogP contribution is 2.09. The third kappa shape index (κ3) is 5.88. The highest BCUT2D eigenvalue weighted by molar-refractivity contribution is 5.77. The van der Waals surface area contributed by atoms with E-state index in [-0.39, 0.29) is 12.5 Å². The molecule has 0 bridgehead atoms.